The van der Waals surface area contributed by atoms with Crippen molar-refractivity contribution < 1.29 is 13.2 Å². The molecule has 0 heterocycles. The van der Waals surface area contributed by atoms with Crippen LogP contribution < -0.4 is 15.8 Å². The first-order valence-electron chi connectivity index (χ1n) is 8.51. The van der Waals surface area contributed by atoms with Crippen LogP contribution in [0.5, 0.6) is 0 Å². The van der Waals surface area contributed by atoms with Crippen LogP contribution in [-0.2, 0) is 14.8 Å². The monoisotopic (exact) mass is 375 g/mol. The lowest BCUT2D eigenvalue weighted by molar-refractivity contribution is -0.116. The van der Waals surface area contributed by atoms with Gasteiger partial charge in [0.1, 0.15) is 6.04 Å². The number of hydrogen-bond acceptors (Lipinski definition) is 4. The number of primary sulfonamides is 1. The largest absolute Gasteiger partial charge is 0.374 e. The highest BCUT2D eigenvalue weighted by molar-refractivity contribution is 7.89. The van der Waals surface area contributed by atoms with Crippen LogP contribution in [0.3, 0.4) is 0 Å². The molecule has 7 heteroatoms. The van der Waals surface area contributed by atoms with Crippen LogP contribution in [0.15, 0.2) is 53.4 Å². The number of anilines is 2. The third kappa shape index (κ3) is 5.31. The van der Waals surface area contributed by atoms with Crippen LogP contribution in [0.4, 0.5) is 11.4 Å². The van der Waals surface area contributed by atoms with Gasteiger partial charge >= 0.3 is 0 Å². The summed E-state index contributed by atoms with van der Waals surface area (Å²) in [5.41, 5.74) is 2.64. The Morgan fingerprint density at radius 3 is 2.04 bits per heavy atom. The van der Waals surface area contributed by atoms with Gasteiger partial charge in [0.05, 0.1) is 4.90 Å². The summed E-state index contributed by atoms with van der Waals surface area (Å²) < 4.78 is 22.5. The number of nitrogens with one attached hydrogen (secondary N) is 2. The molecule has 2 aromatic rings. The minimum Gasteiger partial charge on any atom is -0.374 e. The number of sulfonamides is 1. The van der Waals surface area contributed by atoms with Gasteiger partial charge in [-0.1, -0.05) is 26.0 Å². The fourth-order valence-electron chi connectivity index (χ4n) is 2.44. The van der Waals surface area contributed by atoms with Gasteiger partial charge in [0.25, 0.3) is 0 Å². The molecule has 0 fully saturated rings. The summed E-state index contributed by atoms with van der Waals surface area (Å²) in [6.45, 7) is 6.09. The molecule has 2 aromatic carbocycles. The van der Waals surface area contributed by atoms with Crippen molar-refractivity contribution in [2.45, 2.75) is 44.0 Å². The van der Waals surface area contributed by atoms with E-state index in [1.165, 1.54) is 29.8 Å². The molecule has 0 saturated heterocycles. The zero-order valence-corrected chi connectivity index (χ0v) is 16.0. The third-order valence-corrected chi connectivity index (χ3v) is 5.25. The molecule has 2 rings (SSSR count). The Morgan fingerprint density at radius 1 is 1.00 bits per heavy atom. The minimum atomic E-state index is -3.74. The molecule has 4 N–H and O–H groups in total. The van der Waals surface area contributed by atoms with Gasteiger partial charge in [0.2, 0.25) is 15.9 Å². The van der Waals surface area contributed by atoms with Gasteiger partial charge in [-0.15, -0.1) is 0 Å². The first-order chi connectivity index (χ1) is 12.2. The summed E-state index contributed by atoms with van der Waals surface area (Å²) in [5.74, 6) is 0.282. The zero-order chi connectivity index (χ0) is 19.3. The topological polar surface area (TPSA) is 101 Å². The molecule has 0 radical (unpaired) electrons. The van der Waals surface area contributed by atoms with Gasteiger partial charge < -0.3 is 10.6 Å². The average Bonchev–Trinajstić information content (AvgIpc) is 2.61. The van der Waals surface area contributed by atoms with Crippen LogP contribution in [0.2, 0.25) is 0 Å². The number of hydrogen-bond donors (Lipinski definition) is 3. The summed E-state index contributed by atoms with van der Waals surface area (Å²) in [5, 5.41) is 11.0. The van der Waals surface area contributed by atoms with E-state index in [1.54, 1.807) is 6.92 Å². The number of carbonyl (C=O) groups excluding carboxylic acids is 1. The highest BCUT2D eigenvalue weighted by Crippen LogP contribution is 2.21. The fraction of sp³-hybridized carbons (Fsp3) is 0.316. The standard InChI is InChI=1S/C19H25N3O3S/c1-4-13(2)15-5-7-16(8-6-15)21-14(3)19(23)22-17-9-11-18(12-10-17)26(20,24)25/h5-14,21H,4H2,1-3H3,(H,22,23)(H2,20,24,25). The Labute approximate surface area is 154 Å². The summed E-state index contributed by atoms with van der Waals surface area (Å²) >= 11 is 0. The SMILES string of the molecule is CCC(C)c1ccc(NC(C)C(=O)Nc2ccc(S(N)(=O)=O)cc2)cc1. The number of amides is 1. The van der Waals surface area contributed by atoms with E-state index in [0.29, 0.717) is 11.6 Å². The van der Waals surface area contributed by atoms with E-state index in [9.17, 15) is 13.2 Å². The van der Waals surface area contributed by atoms with E-state index in [0.717, 1.165) is 12.1 Å². The van der Waals surface area contributed by atoms with E-state index in [4.69, 9.17) is 5.14 Å². The summed E-state index contributed by atoms with van der Waals surface area (Å²) in [7, 11) is -3.74. The lowest BCUT2D eigenvalue weighted by atomic mass is 9.98. The Kier molecular flexibility index (Phi) is 6.39. The van der Waals surface area contributed by atoms with Crippen molar-refractivity contribution in [1.82, 2.24) is 0 Å². The molecule has 0 spiro atoms. The molecule has 2 atom stereocenters. The molecule has 1 amide bonds. The van der Waals surface area contributed by atoms with Crippen molar-refractivity contribution in [2.75, 3.05) is 10.6 Å². The number of benzene rings is 2. The molecular weight excluding hydrogens is 350 g/mol. The van der Waals surface area contributed by atoms with E-state index in [1.807, 2.05) is 12.1 Å². The Balaban J connectivity index is 1.97. The van der Waals surface area contributed by atoms with Gasteiger partial charge in [-0.25, -0.2) is 13.6 Å². The first kappa shape index (κ1) is 19.9. The quantitative estimate of drug-likeness (QED) is 0.691. The third-order valence-electron chi connectivity index (χ3n) is 4.32. The number of rotatable bonds is 7. The molecule has 2 unspecified atom stereocenters. The van der Waals surface area contributed by atoms with Crippen LogP contribution in [0.1, 0.15) is 38.7 Å². The fourth-order valence-corrected chi connectivity index (χ4v) is 2.95. The van der Waals surface area contributed by atoms with Crippen molar-refractivity contribution in [3.63, 3.8) is 0 Å². The number of nitrogens with two attached hydrogens (primary N) is 1. The Morgan fingerprint density at radius 2 is 1.54 bits per heavy atom. The molecule has 6 nitrogen and oxygen atoms in total. The maximum absolute atomic E-state index is 12.3. The molecule has 26 heavy (non-hydrogen) atoms. The summed E-state index contributed by atoms with van der Waals surface area (Å²) in [6, 6.07) is 13.3. The highest BCUT2D eigenvalue weighted by atomic mass is 32.2. The maximum atomic E-state index is 12.3. The molecule has 0 bridgehead atoms. The van der Waals surface area contributed by atoms with Crippen LogP contribution in [0, 0.1) is 0 Å². The van der Waals surface area contributed by atoms with E-state index in [2.05, 4.69) is 36.6 Å². The van der Waals surface area contributed by atoms with Crippen molar-refractivity contribution in [2.24, 2.45) is 5.14 Å². The highest BCUT2D eigenvalue weighted by Gasteiger charge is 2.14. The zero-order valence-electron chi connectivity index (χ0n) is 15.2. The second-order valence-electron chi connectivity index (χ2n) is 6.36. The van der Waals surface area contributed by atoms with Crippen molar-refractivity contribution in [1.29, 1.82) is 0 Å². The molecule has 0 aliphatic heterocycles. The Bertz CT molecular complexity index is 847. The van der Waals surface area contributed by atoms with Crippen molar-refractivity contribution in [3.05, 3.63) is 54.1 Å². The Hall–Kier alpha value is -2.38. The van der Waals surface area contributed by atoms with Crippen molar-refractivity contribution in [3.8, 4) is 0 Å². The predicted octanol–water partition coefficient (Wildman–Crippen LogP) is 3.29. The number of carbonyl (C=O) groups is 1. The van der Waals surface area contributed by atoms with Gasteiger partial charge in [-0.3, -0.25) is 4.79 Å². The molecule has 0 aromatic heterocycles. The molecule has 140 valence electrons. The van der Waals surface area contributed by atoms with E-state index < -0.39 is 16.1 Å². The first-order valence-corrected chi connectivity index (χ1v) is 10.1. The predicted molar refractivity (Wildman–Crippen MR) is 105 cm³/mol. The summed E-state index contributed by atoms with van der Waals surface area (Å²) in [4.78, 5) is 12.3. The molecule has 0 aliphatic rings. The normalized spacial score (nSPS) is 13.7. The smallest absolute Gasteiger partial charge is 0.246 e. The van der Waals surface area contributed by atoms with Crippen molar-refractivity contribution >= 4 is 27.3 Å². The average molecular weight is 375 g/mol. The molecular formula is C19H25N3O3S. The van der Waals surface area contributed by atoms with E-state index in [-0.39, 0.29) is 10.8 Å². The van der Waals surface area contributed by atoms with Gasteiger partial charge in [-0.05, 0) is 61.2 Å². The van der Waals surface area contributed by atoms with Crippen LogP contribution >= 0.6 is 0 Å². The summed E-state index contributed by atoms with van der Waals surface area (Å²) in [6.07, 6.45) is 1.08. The lowest BCUT2D eigenvalue weighted by Crippen LogP contribution is -2.31. The minimum absolute atomic E-state index is 0.00284. The van der Waals surface area contributed by atoms with Crippen LogP contribution in [0.25, 0.3) is 0 Å². The second-order valence-corrected chi connectivity index (χ2v) is 7.92. The molecule has 0 aliphatic carbocycles. The second kappa shape index (κ2) is 8.33. The van der Waals surface area contributed by atoms with Gasteiger partial charge in [-0.2, -0.15) is 0 Å². The lowest BCUT2D eigenvalue weighted by Gasteiger charge is -2.16. The van der Waals surface area contributed by atoms with E-state index >= 15 is 0 Å². The van der Waals surface area contributed by atoms with Crippen LogP contribution in [-0.4, -0.2) is 20.4 Å². The van der Waals surface area contributed by atoms with Gasteiger partial charge in [0.15, 0.2) is 0 Å². The maximum Gasteiger partial charge on any atom is 0.246 e. The molecule has 0 saturated carbocycles. The van der Waals surface area contributed by atoms with Gasteiger partial charge in [0, 0.05) is 11.4 Å².